The average molecular weight is 474 g/mol. The summed E-state index contributed by atoms with van der Waals surface area (Å²) in [6.07, 6.45) is 3.58. The van der Waals surface area contributed by atoms with E-state index in [4.69, 9.17) is 23.7 Å². The Bertz CT molecular complexity index is 1270. The van der Waals surface area contributed by atoms with E-state index in [1.807, 2.05) is 18.2 Å². The Labute approximate surface area is 206 Å². The van der Waals surface area contributed by atoms with Crippen LogP contribution in [0.25, 0.3) is 11.1 Å². The molecule has 0 saturated heterocycles. The van der Waals surface area contributed by atoms with Crippen molar-refractivity contribution < 1.29 is 23.7 Å². The monoisotopic (exact) mass is 473 g/mol. The molecule has 182 valence electrons. The number of benzene rings is 3. The molecule has 0 aromatic heterocycles. The van der Waals surface area contributed by atoms with Gasteiger partial charge in [0.15, 0.2) is 11.5 Å². The van der Waals surface area contributed by atoms with Crippen molar-refractivity contribution in [3.8, 4) is 39.9 Å². The molecule has 0 aliphatic carbocycles. The predicted molar refractivity (Wildman–Crippen MR) is 136 cm³/mol. The molecule has 0 saturated carbocycles. The molecule has 3 aromatic rings. The van der Waals surface area contributed by atoms with E-state index < -0.39 is 0 Å². The molecule has 3 aromatic carbocycles. The van der Waals surface area contributed by atoms with Gasteiger partial charge >= 0.3 is 0 Å². The Morgan fingerprint density at radius 3 is 2.54 bits per heavy atom. The third kappa shape index (κ3) is 3.38. The van der Waals surface area contributed by atoms with Crippen LogP contribution in [0.2, 0.25) is 0 Å². The third-order valence-corrected chi connectivity index (χ3v) is 7.52. The highest BCUT2D eigenvalue weighted by Gasteiger charge is 2.51. The van der Waals surface area contributed by atoms with Gasteiger partial charge in [0.25, 0.3) is 0 Å². The lowest BCUT2D eigenvalue weighted by molar-refractivity contribution is 0.173. The molecule has 0 amide bonds. The van der Waals surface area contributed by atoms with Gasteiger partial charge in [-0.25, -0.2) is 0 Å². The molecule has 3 aliphatic heterocycles. The lowest BCUT2D eigenvalue weighted by atomic mass is 9.74. The standard InChI is InChI=1S/C29H31NO5/c1-4-5-6-12-30-16-29(17-33-25-15-27-26(14-22(25)29)34-18-35-27)28-21(8-7-9-23(28)30)20-11-10-19(31-2)13-24(20)32-3/h7-11,13-15H,4-6,12,16-18H2,1-3H3. The van der Waals surface area contributed by atoms with E-state index in [-0.39, 0.29) is 12.2 Å². The van der Waals surface area contributed by atoms with Crippen molar-refractivity contribution in [2.24, 2.45) is 0 Å². The van der Waals surface area contributed by atoms with Gasteiger partial charge in [-0.3, -0.25) is 0 Å². The fraction of sp³-hybridized carbons (Fsp3) is 0.379. The van der Waals surface area contributed by atoms with Gasteiger partial charge in [0.05, 0.1) is 19.6 Å². The first kappa shape index (κ1) is 22.0. The van der Waals surface area contributed by atoms with Gasteiger partial charge in [-0.2, -0.15) is 0 Å². The van der Waals surface area contributed by atoms with E-state index in [1.165, 1.54) is 29.7 Å². The minimum Gasteiger partial charge on any atom is -0.497 e. The Morgan fingerprint density at radius 1 is 0.886 bits per heavy atom. The number of methoxy groups -OCH3 is 2. The lowest BCUT2D eigenvalue weighted by Crippen LogP contribution is -2.36. The topological polar surface area (TPSA) is 49.4 Å². The number of rotatable bonds is 7. The Kier molecular flexibility index (Phi) is 5.39. The van der Waals surface area contributed by atoms with Crippen LogP contribution in [-0.2, 0) is 5.41 Å². The largest absolute Gasteiger partial charge is 0.497 e. The number of nitrogens with zero attached hydrogens (tertiary/aromatic N) is 1. The number of fused-ring (bicyclic) bond motifs is 5. The second kappa shape index (κ2) is 8.59. The summed E-state index contributed by atoms with van der Waals surface area (Å²) in [5.74, 6) is 3.99. The normalized spacial score (nSPS) is 19.0. The zero-order chi connectivity index (χ0) is 24.0. The summed E-state index contributed by atoms with van der Waals surface area (Å²) in [5, 5.41) is 0. The van der Waals surface area contributed by atoms with E-state index in [1.54, 1.807) is 14.2 Å². The van der Waals surface area contributed by atoms with Crippen molar-refractivity contribution in [2.45, 2.75) is 31.6 Å². The van der Waals surface area contributed by atoms with Gasteiger partial charge < -0.3 is 28.6 Å². The van der Waals surface area contributed by atoms with Gasteiger partial charge in [-0.1, -0.05) is 31.9 Å². The molecule has 6 heteroatoms. The van der Waals surface area contributed by atoms with Crippen LogP contribution < -0.4 is 28.6 Å². The summed E-state index contributed by atoms with van der Waals surface area (Å²) in [5.41, 5.74) is 5.63. The van der Waals surface area contributed by atoms with Crippen molar-refractivity contribution >= 4 is 5.69 Å². The van der Waals surface area contributed by atoms with Crippen LogP contribution in [0.4, 0.5) is 5.69 Å². The van der Waals surface area contributed by atoms with Crippen LogP contribution in [-0.4, -0.2) is 40.7 Å². The molecule has 0 radical (unpaired) electrons. The predicted octanol–water partition coefficient (Wildman–Crippen LogP) is 5.79. The summed E-state index contributed by atoms with van der Waals surface area (Å²) in [7, 11) is 3.39. The highest BCUT2D eigenvalue weighted by atomic mass is 16.7. The maximum atomic E-state index is 6.36. The fourth-order valence-corrected chi connectivity index (χ4v) is 5.83. The average Bonchev–Trinajstić information content (AvgIpc) is 3.59. The number of unbranched alkanes of at least 4 members (excludes halogenated alkanes) is 2. The molecule has 6 rings (SSSR count). The van der Waals surface area contributed by atoms with Crippen LogP contribution in [0.15, 0.2) is 48.5 Å². The van der Waals surface area contributed by atoms with E-state index in [2.05, 4.69) is 42.2 Å². The summed E-state index contributed by atoms with van der Waals surface area (Å²) in [6, 6.07) is 16.8. The SMILES string of the molecule is CCCCCN1CC2(COc3cc4c(cc32)OCO4)c2c(-c3ccc(OC)cc3OC)cccc21. The maximum Gasteiger partial charge on any atom is 0.231 e. The summed E-state index contributed by atoms with van der Waals surface area (Å²) < 4.78 is 29.1. The zero-order valence-corrected chi connectivity index (χ0v) is 20.6. The van der Waals surface area contributed by atoms with Gasteiger partial charge in [-0.15, -0.1) is 0 Å². The highest BCUT2D eigenvalue weighted by molar-refractivity contribution is 5.85. The van der Waals surface area contributed by atoms with Crippen molar-refractivity contribution in [3.63, 3.8) is 0 Å². The summed E-state index contributed by atoms with van der Waals surface area (Å²) in [6.45, 7) is 4.97. The molecule has 1 atom stereocenters. The van der Waals surface area contributed by atoms with Crippen molar-refractivity contribution in [1.29, 1.82) is 0 Å². The van der Waals surface area contributed by atoms with Crippen LogP contribution in [0.3, 0.4) is 0 Å². The number of hydrogen-bond donors (Lipinski definition) is 0. The molecule has 1 spiro atoms. The second-order valence-electron chi connectivity index (χ2n) is 9.47. The molecular weight excluding hydrogens is 442 g/mol. The molecule has 0 N–H and O–H groups in total. The molecule has 3 heterocycles. The molecule has 3 aliphatic rings. The Morgan fingerprint density at radius 2 is 1.74 bits per heavy atom. The Balaban J connectivity index is 1.55. The van der Waals surface area contributed by atoms with Crippen LogP contribution in [0, 0.1) is 0 Å². The molecule has 0 fully saturated rings. The lowest BCUT2D eigenvalue weighted by Gasteiger charge is -2.26. The first-order valence-electron chi connectivity index (χ1n) is 12.4. The number of ether oxygens (including phenoxy) is 5. The van der Waals surface area contributed by atoms with E-state index in [0.717, 1.165) is 59.4 Å². The van der Waals surface area contributed by atoms with E-state index >= 15 is 0 Å². The van der Waals surface area contributed by atoms with E-state index in [0.29, 0.717) is 6.61 Å². The maximum absolute atomic E-state index is 6.36. The van der Waals surface area contributed by atoms with Crippen LogP contribution >= 0.6 is 0 Å². The molecule has 0 bridgehead atoms. The van der Waals surface area contributed by atoms with Gasteiger partial charge in [0.1, 0.15) is 23.9 Å². The summed E-state index contributed by atoms with van der Waals surface area (Å²) in [4.78, 5) is 2.54. The summed E-state index contributed by atoms with van der Waals surface area (Å²) >= 11 is 0. The number of hydrogen-bond acceptors (Lipinski definition) is 6. The highest BCUT2D eigenvalue weighted by Crippen LogP contribution is 2.57. The third-order valence-electron chi connectivity index (χ3n) is 7.52. The van der Waals surface area contributed by atoms with Gasteiger partial charge in [-0.05, 0) is 41.8 Å². The molecule has 35 heavy (non-hydrogen) atoms. The minimum atomic E-state index is -0.306. The van der Waals surface area contributed by atoms with Crippen molar-refractivity contribution in [2.75, 3.05) is 45.6 Å². The van der Waals surface area contributed by atoms with Gasteiger partial charge in [0, 0.05) is 42.0 Å². The Hall–Kier alpha value is -3.54. The van der Waals surface area contributed by atoms with Gasteiger partial charge in [0.2, 0.25) is 6.79 Å². The van der Waals surface area contributed by atoms with Crippen molar-refractivity contribution in [1.82, 2.24) is 0 Å². The molecule has 6 nitrogen and oxygen atoms in total. The van der Waals surface area contributed by atoms with Crippen LogP contribution in [0.1, 0.15) is 37.3 Å². The smallest absolute Gasteiger partial charge is 0.231 e. The quantitative estimate of drug-likeness (QED) is 0.405. The second-order valence-corrected chi connectivity index (χ2v) is 9.47. The molecule has 1 unspecified atom stereocenters. The minimum absolute atomic E-state index is 0.249. The fourth-order valence-electron chi connectivity index (χ4n) is 5.83. The van der Waals surface area contributed by atoms with E-state index in [9.17, 15) is 0 Å². The van der Waals surface area contributed by atoms with Crippen molar-refractivity contribution in [3.05, 3.63) is 59.7 Å². The van der Waals surface area contributed by atoms with Crippen LogP contribution in [0.5, 0.6) is 28.7 Å². The zero-order valence-electron chi connectivity index (χ0n) is 20.6. The molecular formula is C29H31NO5. The first-order chi connectivity index (χ1) is 17.2. The number of anilines is 1. The first-order valence-corrected chi connectivity index (χ1v) is 12.4.